The summed E-state index contributed by atoms with van der Waals surface area (Å²) in [6, 6.07) is 8.08. The van der Waals surface area contributed by atoms with Crippen LogP contribution in [0.3, 0.4) is 0 Å². The van der Waals surface area contributed by atoms with E-state index in [1.165, 1.54) is 5.56 Å². The summed E-state index contributed by atoms with van der Waals surface area (Å²) in [6.45, 7) is 7.04. The van der Waals surface area contributed by atoms with Crippen molar-refractivity contribution in [2.75, 3.05) is 13.2 Å². The van der Waals surface area contributed by atoms with Crippen molar-refractivity contribution in [1.29, 1.82) is 0 Å². The topological polar surface area (TPSA) is 35.5 Å². The van der Waals surface area contributed by atoms with Crippen LogP contribution in [0.4, 0.5) is 0 Å². The Morgan fingerprint density at radius 2 is 2.11 bits per heavy atom. The van der Waals surface area contributed by atoms with Gasteiger partial charge in [0, 0.05) is 6.42 Å². The second kappa shape index (κ2) is 8.57. The molecule has 0 aromatic heterocycles. The van der Waals surface area contributed by atoms with Gasteiger partial charge in [0.15, 0.2) is 0 Å². The zero-order valence-electron chi connectivity index (χ0n) is 12.1. The normalized spacial score (nSPS) is 16.5. The molecule has 106 valence electrons. The summed E-state index contributed by atoms with van der Waals surface area (Å²) in [5, 5.41) is 0. The van der Waals surface area contributed by atoms with E-state index in [0.29, 0.717) is 18.9 Å². The second-order valence-corrected chi connectivity index (χ2v) is 4.22. The van der Waals surface area contributed by atoms with Crippen molar-refractivity contribution in [3.05, 3.63) is 29.8 Å². The van der Waals surface area contributed by atoms with Gasteiger partial charge in [0.1, 0.15) is 5.75 Å². The Labute approximate surface area is 115 Å². The fourth-order valence-corrected chi connectivity index (χ4v) is 2.24. The maximum Gasteiger partial charge on any atom is 0.305 e. The molecule has 1 aliphatic rings. The molecule has 1 aromatic carbocycles. The van der Waals surface area contributed by atoms with Crippen LogP contribution in [0.5, 0.6) is 5.75 Å². The van der Waals surface area contributed by atoms with Crippen LogP contribution in [-0.4, -0.2) is 19.2 Å². The maximum absolute atomic E-state index is 11.3. The molecule has 0 spiro atoms. The smallest absolute Gasteiger partial charge is 0.305 e. The number of benzene rings is 1. The number of esters is 1. The molecule has 0 N–H and O–H groups in total. The number of rotatable bonds is 4. The average Bonchev–Trinajstić information content (AvgIpc) is 2.47. The fraction of sp³-hybridized carbons (Fsp3) is 0.562. The molecule has 1 atom stereocenters. The van der Waals surface area contributed by atoms with Crippen molar-refractivity contribution in [1.82, 2.24) is 0 Å². The molecule has 1 aliphatic heterocycles. The first-order valence-corrected chi connectivity index (χ1v) is 7.18. The second-order valence-electron chi connectivity index (χ2n) is 4.22. The first-order valence-electron chi connectivity index (χ1n) is 7.18. The van der Waals surface area contributed by atoms with E-state index in [1.54, 1.807) is 0 Å². The molecule has 1 aromatic rings. The Kier molecular flexibility index (Phi) is 7.01. The van der Waals surface area contributed by atoms with Crippen molar-refractivity contribution in [2.24, 2.45) is 0 Å². The lowest BCUT2D eigenvalue weighted by Crippen LogP contribution is -2.15. The zero-order chi connectivity index (χ0) is 14.1. The van der Waals surface area contributed by atoms with Crippen LogP contribution in [0.25, 0.3) is 0 Å². The SMILES string of the molecule is CC.CCOC(=O)CCC1CCOc2ccccc21. The van der Waals surface area contributed by atoms with E-state index < -0.39 is 0 Å². The van der Waals surface area contributed by atoms with E-state index in [0.717, 1.165) is 25.2 Å². The lowest BCUT2D eigenvalue weighted by atomic mass is 9.89. The minimum atomic E-state index is -0.100. The van der Waals surface area contributed by atoms with Gasteiger partial charge in [-0.25, -0.2) is 0 Å². The summed E-state index contributed by atoms with van der Waals surface area (Å²) in [4.78, 5) is 11.3. The number of carbonyl (C=O) groups excluding carboxylic acids is 1. The molecule has 1 unspecified atom stereocenters. The van der Waals surface area contributed by atoms with E-state index in [4.69, 9.17) is 9.47 Å². The minimum absolute atomic E-state index is 0.100. The Morgan fingerprint density at radius 3 is 2.84 bits per heavy atom. The highest BCUT2D eigenvalue weighted by molar-refractivity contribution is 5.69. The number of hydrogen-bond acceptors (Lipinski definition) is 3. The van der Waals surface area contributed by atoms with Crippen LogP contribution >= 0.6 is 0 Å². The van der Waals surface area contributed by atoms with E-state index in [1.807, 2.05) is 39.0 Å². The molecular weight excluding hydrogens is 240 g/mol. The molecule has 0 radical (unpaired) electrons. The lowest BCUT2D eigenvalue weighted by Gasteiger charge is -2.25. The first-order chi connectivity index (χ1) is 9.31. The Morgan fingerprint density at radius 1 is 1.37 bits per heavy atom. The third-order valence-corrected chi connectivity index (χ3v) is 3.08. The van der Waals surface area contributed by atoms with Gasteiger partial charge in [0.05, 0.1) is 13.2 Å². The average molecular weight is 264 g/mol. The molecule has 3 nitrogen and oxygen atoms in total. The molecule has 1 heterocycles. The lowest BCUT2D eigenvalue weighted by molar-refractivity contribution is -0.143. The van der Waals surface area contributed by atoms with Gasteiger partial charge in [0.25, 0.3) is 0 Å². The fourth-order valence-electron chi connectivity index (χ4n) is 2.24. The van der Waals surface area contributed by atoms with Crippen molar-refractivity contribution in [2.45, 2.75) is 46.0 Å². The molecule has 0 saturated carbocycles. The highest BCUT2D eigenvalue weighted by atomic mass is 16.5. The van der Waals surface area contributed by atoms with Gasteiger partial charge >= 0.3 is 5.97 Å². The van der Waals surface area contributed by atoms with Crippen LogP contribution < -0.4 is 4.74 Å². The van der Waals surface area contributed by atoms with Gasteiger partial charge in [-0.2, -0.15) is 0 Å². The molecule has 2 rings (SSSR count). The van der Waals surface area contributed by atoms with E-state index >= 15 is 0 Å². The molecule has 0 bridgehead atoms. The van der Waals surface area contributed by atoms with Gasteiger partial charge in [-0.1, -0.05) is 32.0 Å². The van der Waals surface area contributed by atoms with Crippen molar-refractivity contribution in [3.63, 3.8) is 0 Å². The number of hydrogen-bond donors (Lipinski definition) is 0. The molecule has 0 fully saturated rings. The largest absolute Gasteiger partial charge is 0.493 e. The summed E-state index contributed by atoms with van der Waals surface area (Å²) >= 11 is 0. The summed E-state index contributed by atoms with van der Waals surface area (Å²) in [7, 11) is 0. The monoisotopic (exact) mass is 264 g/mol. The molecule has 0 aliphatic carbocycles. The molecule has 3 heteroatoms. The molecule has 0 saturated heterocycles. The van der Waals surface area contributed by atoms with Gasteiger partial charge in [0.2, 0.25) is 0 Å². The van der Waals surface area contributed by atoms with Gasteiger partial charge in [-0.05, 0) is 37.3 Å². The quantitative estimate of drug-likeness (QED) is 0.773. The number of carbonyl (C=O) groups is 1. The van der Waals surface area contributed by atoms with Crippen molar-refractivity contribution < 1.29 is 14.3 Å². The Balaban J connectivity index is 0.000000861. The standard InChI is InChI=1S/C14H18O3.C2H6/c1-2-16-14(15)8-7-11-9-10-17-13-6-4-3-5-12(11)13;1-2/h3-6,11H,2,7-10H2,1H3;1-2H3. The van der Waals surface area contributed by atoms with Gasteiger partial charge < -0.3 is 9.47 Å². The predicted molar refractivity (Wildman–Crippen MR) is 76.5 cm³/mol. The molecule has 19 heavy (non-hydrogen) atoms. The zero-order valence-corrected chi connectivity index (χ0v) is 12.1. The minimum Gasteiger partial charge on any atom is -0.493 e. The Bertz CT molecular complexity index is 387. The van der Waals surface area contributed by atoms with Crippen LogP contribution in [-0.2, 0) is 9.53 Å². The third-order valence-electron chi connectivity index (χ3n) is 3.08. The van der Waals surface area contributed by atoms with Crippen molar-refractivity contribution >= 4 is 5.97 Å². The van der Waals surface area contributed by atoms with Gasteiger partial charge in [-0.3, -0.25) is 4.79 Å². The van der Waals surface area contributed by atoms with Gasteiger partial charge in [-0.15, -0.1) is 0 Å². The number of para-hydroxylation sites is 1. The van der Waals surface area contributed by atoms with E-state index in [-0.39, 0.29) is 5.97 Å². The summed E-state index contributed by atoms with van der Waals surface area (Å²) in [5.74, 6) is 1.29. The predicted octanol–water partition coefficient (Wildman–Crippen LogP) is 3.92. The third kappa shape index (κ3) is 4.58. The van der Waals surface area contributed by atoms with Crippen LogP contribution in [0, 0.1) is 0 Å². The first kappa shape index (κ1) is 15.5. The number of ether oxygens (including phenoxy) is 2. The number of fused-ring (bicyclic) bond motifs is 1. The van der Waals surface area contributed by atoms with Crippen LogP contribution in [0.2, 0.25) is 0 Å². The summed E-state index contributed by atoms with van der Waals surface area (Å²) in [5.41, 5.74) is 1.23. The Hall–Kier alpha value is -1.51. The maximum atomic E-state index is 11.3. The van der Waals surface area contributed by atoms with Crippen LogP contribution in [0.15, 0.2) is 24.3 Å². The molecular formula is C16H24O3. The van der Waals surface area contributed by atoms with Crippen LogP contribution in [0.1, 0.15) is 51.5 Å². The highest BCUT2D eigenvalue weighted by Gasteiger charge is 2.21. The summed E-state index contributed by atoms with van der Waals surface area (Å²) < 4.78 is 10.5. The molecule has 0 amide bonds. The van der Waals surface area contributed by atoms with Crippen molar-refractivity contribution in [3.8, 4) is 5.75 Å². The van der Waals surface area contributed by atoms with E-state index in [9.17, 15) is 4.79 Å². The summed E-state index contributed by atoms with van der Waals surface area (Å²) in [6.07, 6.45) is 2.32. The van der Waals surface area contributed by atoms with E-state index in [2.05, 4.69) is 6.07 Å². The highest BCUT2D eigenvalue weighted by Crippen LogP contribution is 2.36.